The highest BCUT2D eigenvalue weighted by molar-refractivity contribution is 6.31. The van der Waals surface area contributed by atoms with Crippen LogP contribution in [0.4, 0.5) is 0 Å². The molecule has 0 aliphatic heterocycles. The van der Waals surface area contributed by atoms with Crippen molar-refractivity contribution in [3.63, 3.8) is 0 Å². The lowest BCUT2D eigenvalue weighted by Crippen LogP contribution is -2.28. The van der Waals surface area contributed by atoms with Crippen LogP contribution in [0.3, 0.4) is 0 Å². The van der Waals surface area contributed by atoms with Crippen molar-refractivity contribution in [3.05, 3.63) is 57.3 Å². The molecule has 156 valence electrons. The molecule has 2 aromatic carbocycles. The zero-order chi connectivity index (χ0) is 22.3. The van der Waals surface area contributed by atoms with Gasteiger partial charge in [0.25, 0.3) is 0 Å². The van der Waals surface area contributed by atoms with Crippen LogP contribution in [0.5, 0.6) is 0 Å². The molecule has 0 N–H and O–H groups in total. The number of benzene rings is 2. The molecule has 2 aromatic rings. The van der Waals surface area contributed by atoms with Gasteiger partial charge in [-0.15, -0.1) is 0 Å². The van der Waals surface area contributed by atoms with Gasteiger partial charge in [0.05, 0.1) is 5.57 Å². The molecule has 1 aliphatic carbocycles. The third-order valence-electron chi connectivity index (χ3n) is 5.36. The zero-order valence-corrected chi connectivity index (χ0v) is 18.0. The Morgan fingerprint density at radius 2 is 1.63 bits per heavy atom. The van der Waals surface area contributed by atoms with Crippen molar-refractivity contribution >= 4 is 34.3 Å². The van der Waals surface area contributed by atoms with Crippen molar-refractivity contribution in [1.82, 2.24) is 0 Å². The first-order valence-electron chi connectivity index (χ1n) is 9.74. The number of Topliss-reactive ketones (excluding diaryl/α,β-unsaturated/α-hetero) is 2. The van der Waals surface area contributed by atoms with Crippen LogP contribution >= 0.6 is 0 Å². The fraction of sp³-hybridized carbons (Fsp3) is 0.333. The van der Waals surface area contributed by atoms with Crippen molar-refractivity contribution < 1.29 is 28.7 Å². The standard InChI is InChI=1S/C24H24O6/c1-11-9-12(2)20-17(14(11)4)7-8-18-21(20)23(28)24(30-16(6)26)19(22(18)27)10-13(3)29-15(5)25/h7-9,13H,10H2,1-6H3. The Labute approximate surface area is 174 Å². The number of carbonyl (C=O) groups excluding carboxylic acids is 4. The summed E-state index contributed by atoms with van der Waals surface area (Å²) < 4.78 is 10.3. The smallest absolute Gasteiger partial charge is 0.308 e. The maximum absolute atomic E-state index is 13.5. The highest BCUT2D eigenvalue weighted by Crippen LogP contribution is 2.37. The minimum Gasteiger partial charge on any atom is -0.463 e. The molecule has 1 atom stereocenters. The van der Waals surface area contributed by atoms with E-state index in [1.165, 1.54) is 13.8 Å². The van der Waals surface area contributed by atoms with Gasteiger partial charge in [-0.25, -0.2) is 0 Å². The number of esters is 2. The quantitative estimate of drug-likeness (QED) is 0.701. The van der Waals surface area contributed by atoms with Crippen LogP contribution < -0.4 is 0 Å². The number of aryl methyl sites for hydroxylation is 3. The molecule has 0 aromatic heterocycles. The molecule has 6 heteroatoms. The number of hydrogen-bond donors (Lipinski definition) is 0. The molecular weight excluding hydrogens is 384 g/mol. The van der Waals surface area contributed by atoms with Crippen molar-refractivity contribution in [2.45, 2.75) is 54.1 Å². The maximum Gasteiger partial charge on any atom is 0.308 e. The van der Waals surface area contributed by atoms with Crippen LogP contribution in [0.25, 0.3) is 10.8 Å². The summed E-state index contributed by atoms with van der Waals surface area (Å²) in [6.07, 6.45) is -0.690. The minimum atomic E-state index is -0.698. The van der Waals surface area contributed by atoms with Crippen molar-refractivity contribution in [2.75, 3.05) is 0 Å². The number of ether oxygens (including phenoxy) is 2. The number of fused-ring (bicyclic) bond motifs is 3. The second-order valence-electron chi connectivity index (χ2n) is 7.73. The third kappa shape index (κ3) is 3.65. The van der Waals surface area contributed by atoms with Crippen molar-refractivity contribution in [3.8, 4) is 0 Å². The highest BCUT2D eigenvalue weighted by atomic mass is 16.5. The van der Waals surface area contributed by atoms with Gasteiger partial charge in [0, 0.05) is 31.4 Å². The van der Waals surface area contributed by atoms with Gasteiger partial charge in [-0.3, -0.25) is 19.2 Å². The number of rotatable bonds is 4. The Balaban J connectivity index is 2.26. The second kappa shape index (κ2) is 7.86. The van der Waals surface area contributed by atoms with E-state index in [9.17, 15) is 19.2 Å². The molecule has 0 bridgehead atoms. The summed E-state index contributed by atoms with van der Waals surface area (Å²) in [6.45, 7) is 9.90. The van der Waals surface area contributed by atoms with E-state index < -0.39 is 29.6 Å². The van der Waals surface area contributed by atoms with Crippen LogP contribution in [0.15, 0.2) is 29.5 Å². The average Bonchev–Trinajstić information content (AvgIpc) is 2.65. The number of hydrogen-bond acceptors (Lipinski definition) is 6. The molecule has 0 heterocycles. The normalized spacial score (nSPS) is 14.6. The summed E-state index contributed by atoms with van der Waals surface area (Å²) in [6, 6.07) is 5.46. The van der Waals surface area contributed by atoms with Gasteiger partial charge in [-0.05, 0) is 61.2 Å². The molecule has 30 heavy (non-hydrogen) atoms. The van der Waals surface area contributed by atoms with Gasteiger partial charge in [-0.1, -0.05) is 12.1 Å². The van der Waals surface area contributed by atoms with Crippen LogP contribution in [-0.4, -0.2) is 29.6 Å². The summed E-state index contributed by atoms with van der Waals surface area (Å²) in [5, 5.41) is 1.57. The SMILES string of the molecule is CC(=O)OC1=C(CC(C)OC(C)=O)C(=O)c2ccc3c(C)c(C)cc(C)c3c2C1=O. The van der Waals surface area contributed by atoms with E-state index in [0.717, 1.165) is 22.1 Å². The van der Waals surface area contributed by atoms with E-state index in [4.69, 9.17) is 9.47 Å². The van der Waals surface area contributed by atoms with E-state index in [1.807, 2.05) is 32.9 Å². The second-order valence-corrected chi connectivity index (χ2v) is 7.73. The van der Waals surface area contributed by atoms with Crippen LogP contribution in [-0.2, 0) is 19.1 Å². The Hall–Kier alpha value is -3.28. The largest absolute Gasteiger partial charge is 0.463 e. The zero-order valence-electron chi connectivity index (χ0n) is 18.0. The lowest BCUT2D eigenvalue weighted by Gasteiger charge is -2.24. The van der Waals surface area contributed by atoms with E-state index in [1.54, 1.807) is 13.0 Å². The molecule has 0 radical (unpaired) electrons. The predicted octanol–water partition coefficient (Wildman–Crippen LogP) is 4.30. The Bertz CT molecular complexity index is 1150. The highest BCUT2D eigenvalue weighted by Gasteiger charge is 2.37. The molecule has 3 rings (SSSR count). The maximum atomic E-state index is 13.5. The predicted molar refractivity (Wildman–Crippen MR) is 111 cm³/mol. The summed E-state index contributed by atoms with van der Waals surface area (Å²) in [7, 11) is 0. The van der Waals surface area contributed by atoms with E-state index in [-0.39, 0.29) is 28.9 Å². The molecule has 1 aliphatic rings. The molecule has 6 nitrogen and oxygen atoms in total. The first kappa shape index (κ1) is 21.4. The van der Waals surface area contributed by atoms with Gasteiger partial charge in [0.15, 0.2) is 11.5 Å². The van der Waals surface area contributed by atoms with Crippen molar-refractivity contribution in [1.29, 1.82) is 0 Å². The fourth-order valence-corrected chi connectivity index (χ4v) is 4.03. The van der Waals surface area contributed by atoms with Crippen LogP contribution in [0, 0.1) is 20.8 Å². The lowest BCUT2D eigenvalue weighted by atomic mass is 9.81. The Morgan fingerprint density at radius 3 is 2.23 bits per heavy atom. The number of allylic oxidation sites excluding steroid dienone is 1. The Morgan fingerprint density at radius 1 is 0.967 bits per heavy atom. The monoisotopic (exact) mass is 408 g/mol. The summed E-state index contributed by atoms with van der Waals surface area (Å²) in [4.78, 5) is 49.8. The summed E-state index contributed by atoms with van der Waals surface area (Å²) >= 11 is 0. The summed E-state index contributed by atoms with van der Waals surface area (Å²) in [5.41, 5.74) is 3.52. The van der Waals surface area contributed by atoms with E-state index >= 15 is 0 Å². The van der Waals surface area contributed by atoms with Gasteiger partial charge < -0.3 is 9.47 Å². The van der Waals surface area contributed by atoms with Gasteiger partial charge in [0.1, 0.15) is 6.10 Å². The van der Waals surface area contributed by atoms with Crippen LogP contribution in [0.2, 0.25) is 0 Å². The van der Waals surface area contributed by atoms with Gasteiger partial charge in [-0.2, -0.15) is 0 Å². The first-order valence-corrected chi connectivity index (χ1v) is 9.74. The first-order chi connectivity index (χ1) is 14.0. The molecule has 0 saturated heterocycles. The number of carbonyl (C=O) groups is 4. The fourth-order valence-electron chi connectivity index (χ4n) is 4.03. The topological polar surface area (TPSA) is 86.7 Å². The van der Waals surface area contributed by atoms with E-state index in [2.05, 4.69) is 0 Å². The lowest BCUT2D eigenvalue weighted by molar-refractivity contribution is -0.145. The average molecular weight is 408 g/mol. The molecule has 0 amide bonds. The van der Waals surface area contributed by atoms with Crippen molar-refractivity contribution in [2.24, 2.45) is 0 Å². The molecule has 0 fully saturated rings. The minimum absolute atomic E-state index is 0.0316. The van der Waals surface area contributed by atoms with E-state index in [0.29, 0.717) is 5.39 Å². The number of ketones is 2. The molecule has 0 spiro atoms. The molecular formula is C24H24O6. The van der Waals surface area contributed by atoms with Gasteiger partial charge >= 0.3 is 11.9 Å². The Kier molecular flexibility index (Phi) is 5.61. The molecule has 1 unspecified atom stereocenters. The van der Waals surface area contributed by atoms with Crippen LogP contribution in [0.1, 0.15) is 64.6 Å². The molecule has 0 saturated carbocycles. The summed E-state index contributed by atoms with van der Waals surface area (Å²) in [5.74, 6) is -2.40. The van der Waals surface area contributed by atoms with Gasteiger partial charge in [0.2, 0.25) is 5.78 Å². The third-order valence-corrected chi connectivity index (χ3v) is 5.36.